The molecule has 0 radical (unpaired) electrons. The van der Waals surface area contributed by atoms with Gasteiger partial charge in [0.15, 0.2) is 0 Å². The molecule has 11 heteroatoms. The van der Waals surface area contributed by atoms with Crippen LogP contribution in [0.3, 0.4) is 0 Å². The topological polar surface area (TPSA) is 102 Å². The van der Waals surface area contributed by atoms with Crippen molar-refractivity contribution in [2.45, 2.75) is 26.1 Å². The molecule has 1 aromatic carbocycles. The lowest BCUT2D eigenvalue weighted by molar-refractivity contribution is -0.137. The van der Waals surface area contributed by atoms with Gasteiger partial charge in [0.2, 0.25) is 0 Å². The van der Waals surface area contributed by atoms with E-state index in [1.54, 1.807) is 6.92 Å². The summed E-state index contributed by atoms with van der Waals surface area (Å²) in [5, 5.41) is 2.75. The van der Waals surface area contributed by atoms with Crippen LogP contribution in [0.2, 0.25) is 0 Å². The number of thiophene rings is 1. The Morgan fingerprint density at radius 1 is 1.23 bits per heavy atom. The number of benzene rings is 1. The third-order valence-corrected chi connectivity index (χ3v) is 5.66. The van der Waals surface area contributed by atoms with E-state index in [0.717, 1.165) is 35.6 Å². The van der Waals surface area contributed by atoms with E-state index in [1.165, 1.54) is 4.90 Å². The molecular formula is C19H18F3N3O4S. The van der Waals surface area contributed by atoms with Crippen LogP contribution in [-0.4, -0.2) is 36.0 Å². The summed E-state index contributed by atoms with van der Waals surface area (Å²) in [7, 11) is 0. The van der Waals surface area contributed by atoms with Gasteiger partial charge in [0.25, 0.3) is 11.8 Å². The maximum absolute atomic E-state index is 12.7. The number of carbonyl (C=O) groups is 3. The van der Waals surface area contributed by atoms with Crippen molar-refractivity contribution < 1.29 is 32.3 Å². The van der Waals surface area contributed by atoms with Crippen LogP contribution in [0.5, 0.6) is 0 Å². The SMILES string of the molecule is CCOC(=O)N1CCc2c(sc(NC(=O)c3ccc(C(F)(F)F)cc3)c2C(N)=O)C1. The van der Waals surface area contributed by atoms with E-state index in [1.807, 2.05) is 0 Å². The molecule has 2 heterocycles. The van der Waals surface area contributed by atoms with Crippen LogP contribution in [0.25, 0.3) is 0 Å². The number of halogens is 3. The largest absolute Gasteiger partial charge is 0.450 e. The lowest BCUT2D eigenvalue weighted by atomic mass is 10.0. The number of hydrogen-bond acceptors (Lipinski definition) is 5. The molecule has 0 saturated carbocycles. The molecule has 7 nitrogen and oxygen atoms in total. The van der Waals surface area contributed by atoms with E-state index in [4.69, 9.17) is 10.5 Å². The molecule has 0 unspecified atom stereocenters. The van der Waals surface area contributed by atoms with Crippen molar-refractivity contribution in [3.05, 3.63) is 51.4 Å². The Morgan fingerprint density at radius 2 is 1.90 bits per heavy atom. The van der Waals surface area contributed by atoms with Crippen LogP contribution in [0.15, 0.2) is 24.3 Å². The van der Waals surface area contributed by atoms with Gasteiger partial charge in [0, 0.05) is 17.0 Å². The molecule has 1 aliphatic rings. The van der Waals surface area contributed by atoms with E-state index in [-0.39, 0.29) is 29.3 Å². The zero-order valence-electron chi connectivity index (χ0n) is 15.8. The third-order valence-electron chi connectivity index (χ3n) is 4.53. The monoisotopic (exact) mass is 441 g/mol. The molecule has 2 aromatic rings. The first kappa shape index (κ1) is 21.6. The summed E-state index contributed by atoms with van der Waals surface area (Å²) < 4.78 is 43.1. The van der Waals surface area contributed by atoms with Crippen LogP contribution >= 0.6 is 11.3 Å². The van der Waals surface area contributed by atoms with Gasteiger partial charge in [-0.2, -0.15) is 13.2 Å². The van der Waals surface area contributed by atoms with Crippen molar-refractivity contribution in [1.82, 2.24) is 4.90 Å². The number of rotatable bonds is 4. The number of amides is 3. The third kappa shape index (κ3) is 4.40. The number of alkyl halides is 3. The van der Waals surface area contributed by atoms with Gasteiger partial charge in [0.1, 0.15) is 5.00 Å². The predicted molar refractivity (Wildman–Crippen MR) is 103 cm³/mol. The van der Waals surface area contributed by atoms with Gasteiger partial charge in [-0.1, -0.05) is 0 Å². The second kappa shape index (κ2) is 8.34. The molecule has 3 N–H and O–H groups in total. The van der Waals surface area contributed by atoms with Gasteiger partial charge in [-0.15, -0.1) is 11.3 Å². The fourth-order valence-corrected chi connectivity index (χ4v) is 4.37. The first-order valence-corrected chi connectivity index (χ1v) is 9.78. The van der Waals surface area contributed by atoms with Crippen molar-refractivity contribution in [3.63, 3.8) is 0 Å². The second-order valence-corrected chi connectivity index (χ2v) is 7.58. The first-order valence-electron chi connectivity index (χ1n) is 8.96. The molecule has 1 aliphatic heterocycles. The average molecular weight is 441 g/mol. The maximum Gasteiger partial charge on any atom is 0.416 e. The highest BCUT2D eigenvalue weighted by molar-refractivity contribution is 7.17. The Kier molecular flexibility index (Phi) is 6.01. The van der Waals surface area contributed by atoms with E-state index >= 15 is 0 Å². The number of primary amides is 1. The lowest BCUT2D eigenvalue weighted by Gasteiger charge is -2.26. The zero-order chi connectivity index (χ0) is 22.1. The molecule has 160 valence electrons. The molecule has 0 spiro atoms. The number of hydrogen-bond donors (Lipinski definition) is 2. The number of carbonyl (C=O) groups excluding carboxylic acids is 3. The minimum atomic E-state index is -4.51. The van der Waals surface area contributed by atoms with Crippen LogP contribution in [0.1, 0.15) is 43.6 Å². The first-order chi connectivity index (χ1) is 14.1. The molecule has 0 atom stereocenters. The molecule has 3 rings (SSSR count). The van der Waals surface area contributed by atoms with Crippen LogP contribution < -0.4 is 11.1 Å². The smallest absolute Gasteiger partial charge is 0.416 e. The fourth-order valence-electron chi connectivity index (χ4n) is 3.11. The summed E-state index contributed by atoms with van der Waals surface area (Å²) in [6, 6.07) is 3.72. The van der Waals surface area contributed by atoms with Gasteiger partial charge in [0.05, 0.1) is 24.3 Å². The molecule has 0 bridgehead atoms. The van der Waals surface area contributed by atoms with E-state index in [0.29, 0.717) is 23.4 Å². The number of ether oxygens (including phenoxy) is 1. The summed E-state index contributed by atoms with van der Waals surface area (Å²) in [5.74, 6) is -1.41. The summed E-state index contributed by atoms with van der Waals surface area (Å²) in [6.07, 6.45) is -4.63. The van der Waals surface area contributed by atoms with Gasteiger partial charge in [-0.05, 0) is 43.2 Å². The average Bonchev–Trinajstić information content (AvgIpc) is 3.04. The van der Waals surface area contributed by atoms with Gasteiger partial charge < -0.3 is 20.7 Å². The lowest BCUT2D eigenvalue weighted by Crippen LogP contribution is -2.36. The van der Waals surface area contributed by atoms with Gasteiger partial charge in [-0.3, -0.25) is 9.59 Å². The zero-order valence-corrected chi connectivity index (χ0v) is 16.7. The Balaban J connectivity index is 1.84. The van der Waals surface area contributed by atoms with E-state index in [2.05, 4.69) is 5.32 Å². The van der Waals surface area contributed by atoms with Crippen molar-refractivity contribution >= 4 is 34.2 Å². The summed E-state index contributed by atoms with van der Waals surface area (Å²) in [6.45, 7) is 2.45. The summed E-state index contributed by atoms with van der Waals surface area (Å²) in [5.41, 5.74) is 5.42. The van der Waals surface area contributed by atoms with Crippen molar-refractivity contribution in [2.75, 3.05) is 18.5 Å². The highest BCUT2D eigenvalue weighted by atomic mass is 32.1. The molecule has 1 aromatic heterocycles. The number of nitrogens with one attached hydrogen (secondary N) is 1. The maximum atomic E-state index is 12.7. The highest BCUT2D eigenvalue weighted by Gasteiger charge is 2.31. The normalized spacial score (nSPS) is 13.5. The minimum Gasteiger partial charge on any atom is -0.450 e. The van der Waals surface area contributed by atoms with Crippen LogP contribution in [0, 0.1) is 0 Å². The number of anilines is 1. The summed E-state index contributed by atoms with van der Waals surface area (Å²) in [4.78, 5) is 38.6. The number of nitrogens with two attached hydrogens (primary N) is 1. The fraction of sp³-hybridized carbons (Fsp3) is 0.316. The van der Waals surface area contributed by atoms with Crippen molar-refractivity contribution in [3.8, 4) is 0 Å². The Hall–Kier alpha value is -3.08. The predicted octanol–water partition coefficient (Wildman–Crippen LogP) is 3.63. The number of fused-ring (bicyclic) bond motifs is 1. The second-order valence-electron chi connectivity index (χ2n) is 6.47. The van der Waals surface area contributed by atoms with Crippen LogP contribution in [-0.2, 0) is 23.9 Å². The van der Waals surface area contributed by atoms with Gasteiger partial charge >= 0.3 is 12.3 Å². The minimum absolute atomic E-state index is 0.00191. The molecule has 0 fully saturated rings. The number of nitrogens with zero attached hydrogens (tertiary/aromatic N) is 1. The Labute approximate surface area is 173 Å². The molecule has 3 amide bonds. The Bertz CT molecular complexity index is 986. The highest BCUT2D eigenvalue weighted by Crippen LogP contribution is 2.37. The molecular weight excluding hydrogens is 423 g/mol. The Morgan fingerprint density at radius 3 is 2.47 bits per heavy atom. The van der Waals surface area contributed by atoms with Gasteiger partial charge in [-0.25, -0.2) is 4.79 Å². The molecule has 0 saturated heterocycles. The van der Waals surface area contributed by atoms with Crippen molar-refractivity contribution in [2.24, 2.45) is 5.73 Å². The summed E-state index contributed by atoms with van der Waals surface area (Å²) >= 11 is 1.10. The molecule has 0 aliphatic carbocycles. The quantitative estimate of drug-likeness (QED) is 0.756. The van der Waals surface area contributed by atoms with Crippen molar-refractivity contribution in [1.29, 1.82) is 0 Å². The van der Waals surface area contributed by atoms with Crippen LogP contribution in [0.4, 0.5) is 23.0 Å². The van der Waals surface area contributed by atoms with E-state index < -0.39 is 29.6 Å². The standard InChI is InChI=1S/C19H18F3N3O4S/c1-2-29-18(28)25-8-7-12-13(9-25)30-17(14(12)15(23)26)24-16(27)10-3-5-11(6-4-10)19(20,21)22/h3-6H,2,7-9H2,1H3,(H2,23,26)(H,24,27). The molecule has 30 heavy (non-hydrogen) atoms. The van der Waals surface area contributed by atoms with E-state index in [9.17, 15) is 27.6 Å².